The van der Waals surface area contributed by atoms with Crippen LogP contribution in [0.3, 0.4) is 0 Å². The molecule has 0 spiro atoms. The van der Waals surface area contributed by atoms with Crippen LogP contribution >= 0.6 is 0 Å². The van der Waals surface area contributed by atoms with Crippen LogP contribution in [0.15, 0.2) is 0 Å². The summed E-state index contributed by atoms with van der Waals surface area (Å²) < 4.78 is -1.77. The number of hydrogen-bond acceptors (Lipinski definition) is 7. The van der Waals surface area contributed by atoms with Crippen LogP contribution in [0.5, 0.6) is 0 Å². The molecule has 0 heterocycles. The zero-order valence-electron chi connectivity index (χ0n) is 12.2. The minimum absolute atomic E-state index is 0.345. The molecule has 0 aliphatic heterocycles. The van der Waals surface area contributed by atoms with E-state index in [-0.39, 0.29) is 31.3 Å². The summed E-state index contributed by atoms with van der Waals surface area (Å²) in [5.41, 5.74) is 0. The number of aliphatic carboxylic acids is 1. The van der Waals surface area contributed by atoms with E-state index in [2.05, 4.69) is 6.42 Å². The summed E-state index contributed by atoms with van der Waals surface area (Å²) in [6, 6.07) is 0. The summed E-state index contributed by atoms with van der Waals surface area (Å²) in [7, 11) is -6.90. The molecule has 1 N–H and O–H groups in total. The Balaban J connectivity index is 0. The molecule has 0 atom stereocenters. The summed E-state index contributed by atoms with van der Waals surface area (Å²) in [5.74, 6) is 0.227. The Morgan fingerprint density at radius 2 is 1.05 bits per heavy atom. The van der Waals surface area contributed by atoms with E-state index in [0.29, 0.717) is 0 Å². The fourth-order valence-electron chi connectivity index (χ4n) is 0.985. The normalized spacial score (nSPS) is 15.5. The molecule has 0 bridgehead atoms. The fraction of sp³-hybridized carbons (Fsp3) is 0.308. The van der Waals surface area contributed by atoms with Gasteiger partial charge in [0.25, 0.3) is 0 Å². The van der Waals surface area contributed by atoms with Crippen molar-refractivity contribution in [1.29, 1.82) is 0 Å². The van der Waals surface area contributed by atoms with Gasteiger partial charge in [0.15, 0.2) is 0 Å². The summed E-state index contributed by atoms with van der Waals surface area (Å²) >= 11 is 0. The third kappa shape index (κ3) is 1.68. The van der Waals surface area contributed by atoms with Crippen LogP contribution in [0.25, 0.3) is 0 Å². The second kappa shape index (κ2) is 4.79. The van der Waals surface area contributed by atoms with Crippen molar-refractivity contribution in [2.45, 2.75) is 25.1 Å². The van der Waals surface area contributed by atoms with Gasteiger partial charge < -0.3 is 5.11 Å². The third-order valence-electron chi connectivity index (χ3n) is 3.45. The Morgan fingerprint density at radius 3 is 1.05 bits per heavy atom. The number of hydrogen-bond donors (Lipinski definition) is 1. The van der Waals surface area contributed by atoms with Crippen LogP contribution in [0.2, 0.25) is 4.35 Å². The number of carbonyl (C=O) groups is 7. The van der Waals surface area contributed by atoms with Gasteiger partial charge in [0, 0.05) is 5.92 Å². The van der Waals surface area contributed by atoms with E-state index in [9.17, 15) is 28.8 Å². The van der Waals surface area contributed by atoms with Gasteiger partial charge in [-0.2, -0.15) is 0 Å². The molecule has 0 amide bonds. The van der Waals surface area contributed by atoms with Crippen molar-refractivity contribution < 1.29 is 48.2 Å². The zero-order valence-corrected chi connectivity index (χ0v) is 13.2. The molecule has 126 valence electrons. The quantitative estimate of drug-likeness (QED) is 0.508. The van der Waals surface area contributed by atoms with Crippen molar-refractivity contribution in [2.24, 2.45) is 0 Å². The Hall–Kier alpha value is -2.44. The second-order valence-corrected chi connectivity index (χ2v) is 15.2. The predicted octanol–water partition coefficient (Wildman–Crippen LogP) is -0.189. The van der Waals surface area contributed by atoms with Crippen LogP contribution in [-0.2, 0) is 43.1 Å². The van der Waals surface area contributed by atoms with E-state index in [0.717, 1.165) is 20.8 Å². The Bertz CT molecular complexity index is 535. The third-order valence-corrected chi connectivity index (χ3v) is 13.8. The first-order chi connectivity index (χ1) is 9.81. The monoisotopic (exact) mass is 360 g/mol. The average molecular weight is 360 g/mol. The van der Waals surface area contributed by atoms with Gasteiger partial charge in [0.05, 0.1) is 0 Å². The molecule has 0 aromatic heterocycles. The summed E-state index contributed by atoms with van der Waals surface area (Å²) in [6.45, 7) is 3.47. The average Bonchev–Trinajstić information content (AvgIpc) is 2.53. The molecule has 0 radical (unpaired) electrons. The molecule has 22 heavy (non-hydrogen) atoms. The number of rotatable bonds is 6. The Kier molecular flexibility index (Phi) is 4.76. The van der Waals surface area contributed by atoms with Crippen molar-refractivity contribution >= 4 is 37.3 Å². The molecular formula is C13H17CoO8. The maximum atomic E-state index is 11.5. The maximum absolute atomic E-state index is 11.5. The number of carbonyl (C=O) groups excluding carboxylic acids is 6. The molecule has 0 unspecified atom stereocenters. The van der Waals surface area contributed by atoms with Gasteiger partial charge in [-0.3, -0.25) is 0 Å². The molecule has 0 saturated heterocycles. The van der Waals surface area contributed by atoms with Gasteiger partial charge in [-0.05, 0) is 0 Å². The van der Waals surface area contributed by atoms with E-state index in [1.54, 1.807) is 0 Å². The summed E-state index contributed by atoms with van der Waals surface area (Å²) in [6.07, 6.45) is 4.32. The molecule has 0 aliphatic carbocycles. The van der Waals surface area contributed by atoms with Crippen LogP contribution < -0.4 is 0 Å². The Labute approximate surface area is 123 Å². The Morgan fingerprint density at radius 1 is 0.864 bits per heavy atom. The van der Waals surface area contributed by atoms with E-state index in [4.69, 9.17) is 9.90 Å². The van der Waals surface area contributed by atoms with E-state index < -0.39 is 19.8 Å². The van der Waals surface area contributed by atoms with Crippen molar-refractivity contribution in [3.05, 3.63) is 0 Å². The number of carboxylic acid groups (broad SMARTS) is 1. The van der Waals surface area contributed by atoms with Crippen molar-refractivity contribution in [1.82, 2.24) is 0 Å². The van der Waals surface area contributed by atoms with E-state index >= 15 is 0 Å². The van der Waals surface area contributed by atoms with Crippen molar-refractivity contribution in [3.8, 4) is 12.3 Å². The second-order valence-electron chi connectivity index (χ2n) is 5.16. The number of terminal acetylenes is 1. The molecule has 9 heteroatoms. The van der Waals surface area contributed by atoms with Crippen LogP contribution in [0, 0.1) is 12.3 Å². The summed E-state index contributed by atoms with van der Waals surface area (Å²) in [5, 5.41) is 5.41. The molecule has 0 rings (SSSR count). The minimum atomic E-state index is -6.90. The molecule has 0 aliphatic rings. The van der Waals surface area contributed by atoms with Crippen LogP contribution in [0.1, 0.15) is 20.8 Å². The molecule has 0 aromatic rings. The van der Waals surface area contributed by atoms with Crippen LogP contribution in [0.4, 0.5) is 0 Å². The number of carboxylic acids is 1. The van der Waals surface area contributed by atoms with Gasteiger partial charge in [-0.1, -0.05) is 0 Å². The summed E-state index contributed by atoms with van der Waals surface area (Å²) in [4.78, 5) is 78.1. The topological polar surface area (TPSA) is 140 Å². The van der Waals surface area contributed by atoms with Gasteiger partial charge in [-0.25, -0.2) is 4.79 Å². The molecular weight excluding hydrogens is 343 g/mol. The molecule has 0 fully saturated rings. The first-order valence-corrected chi connectivity index (χ1v) is 9.33. The van der Waals surface area contributed by atoms with Gasteiger partial charge in [-0.15, -0.1) is 6.42 Å². The molecule has 8 nitrogen and oxygen atoms in total. The standard InChI is InChI=1S/C4H9.C3H2O2.6CHO.Co/c1-4(2)3;1-2-3(4)5;6*1-2;/h1-3H3;1H,(H,4,5);6*1H;. The van der Waals surface area contributed by atoms with E-state index in [1.807, 2.05) is 0 Å². The van der Waals surface area contributed by atoms with Gasteiger partial charge >= 0.3 is 101 Å². The SMILES string of the molecule is C#CC(=O)O.C[C](C)(C)[Co]([CH]=O)([CH]=O)([CH]=O)([CH]=O)([CH]=O)[CH]=O. The first-order valence-electron chi connectivity index (χ1n) is 5.20. The predicted molar refractivity (Wildman–Crippen MR) is 76.7 cm³/mol. The van der Waals surface area contributed by atoms with Crippen LogP contribution in [-0.4, -0.2) is 42.4 Å². The van der Waals surface area contributed by atoms with Crippen molar-refractivity contribution in [2.75, 3.05) is 0 Å². The molecule has 0 aromatic carbocycles. The van der Waals surface area contributed by atoms with Gasteiger partial charge in [0.2, 0.25) is 0 Å². The van der Waals surface area contributed by atoms with Crippen molar-refractivity contribution in [3.63, 3.8) is 0 Å². The van der Waals surface area contributed by atoms with Gasteiger partial charge in [0.1, 0.15) is 0 Å². The zero-order chi connectivity index (χ0) is 18.4. The fourth-order valence-corrected chi connectivity index (χ4v) is 4.06. The first kappa shape index (κ1) is 21.8. The van der Waals surface area contributed by atoms with E-state index in [1.165, 1.54) is 5.92 Å². The molecule has 0 saturated carbocycles.